The number of anilines is 2. The van der Waals surface area contributed by atoms with Gasteiger partial charge in [-0.25, -0.2) is 9.97 Å². The zero-order valence-electron chi connectivity index (χ0n) is 16.6. The Morgan fingerprint density at radius 2 is 2.27 bits per heavy atom. The molecule has 1 fully saturated rings. The molecule has 1 aromatic carbocycles. The van der Waals surface area contributed by atoms with Gasteiger partial charge in [-0.15, -0.1) is 0 Å². The molecule has 0 bridgehead atoms. The Labute approximate surface area is 174 Å². The summed E-state index contributed by atoms with van der Waals surface area (Å²) < 4.78 is 10.9. The van der Waals surface area contributed by atoms with Crippen LogP contribution < -0.4 is 15.4 Å². The van der Waals surface area contributed by atoms with Crippen molar-refractivity contribution in [2.24, 2.45) is 0 Å². The number of nitrogens with zero attached hydrogens (tertiary/aromatic N) is 4. The lowest BCUT2D eigenvalue weighted by atomic mass is 10.1. The summed E-state index contributed by atoms with van der Waals surface area (Å²) in [7, 11) is 0. The van der Waals surface area contributed by atoms with E-state index in [9.17, 15) is 10.1 Å². The van der Waals surface area contributed by atoms with Gasteiger partial charge in [0.25, 0.3) is 0 Å². The summed E-state index contributed by atoms with van der Waals surface area (Å²) in [6, 6.07) is 9.69. The largest absolute Gasteiger partial charge is 0.437 e. The van der Waals surface area contributed by atoms with E-state index in [0.717, 1.165) is 17.7 Å². The first-order valence-corrected chi connectivity index (χ1v) is 9.77. The van der Waals surface area contributed by atoms with Crippen LogP contribution in [0.15, 0.2) is 36.3 Å². The molecule has 1 aromatic heterocycles. The van der Waals surface area contributed by atoms with Crippen molar-refractivity contribution in [2.45, 2.75) is 13.3 Å². The SMILES string of the molecule is Cc1cnc(NCCCN2CCOCC2=O)nc1/C(C#N)=C1/Nc2ccccc2O1. The van der Waals surface area contributed by atoms with Crippen LogP contribution in [0.2, 0.25) is 0 Å². The van der Waals surface area contributed by atoms with Gasteiger partial charge in [0, 0.05) is 25.8 Å². The van der Waals surface area contributed by atoms with Gasteiger partial charge in [-0.1, -0.05) is 12.1 Å². The van der Waals surface area contributed by atoms with Gasteiger partial charge in [0.05, 0.1) is 18.0 Å². The van der Waals surface area contributed by atoms with Crippen LogP contribution in [0.1, 0.15) is 17.7 Å². The number of nitrogens with one attached hydrogen (secondary N) is 2. The van der Waals surface area contributed by atoms with E-state index < -0.39 is 0 Å². The van der Waals surface area contributed by atoms with E-state index in [-0.39, 0.29) is 12.5 Å². The number of allylic oxidation sites excluding steroid dienone is 1. The standard InChI is InChI=1S/C21H22N6O3/c1-14-12-24-21(23-7-4-8-27-9-10-29-13-18(27)28)26-19(14)15(11-22)20-25-16-5-2-3-6-17(16)30-20/h2-3,5-6,12,25H,4,7-10,13H2,1H3,(H,23,24,26)/b20-15-. The molecule has 0 unspecified atom stereocenters. The van der Waals surface area contributed by atoms with Crippen molar-refractivity contribution < 1.29 is 14.3 Å². The van der Waals surface area contributed by atoms with Crippen molar-refractivity contribution in [3.63, 3.8) is 0 Å². The third-order valence-electron chi connectivity index (χ3n) is 4.87. The van der Waals surface area contributed by atoms with Gasteiger partial charge >= 0.3 is 0 Å². The summed E-state index contributed by atoms with van der Waals surface area (Å²) in [5.41, 5.74) is 2.40. The van der Waals surface area contributed by atoms with E-state index in [1.165, 1.54) is 0 Å². The van der Waals surface area contributed by atoms with Crippen LogP contribution in [-0.2, 0) is 9.53 Å². The molecule has 0 spiro atoms. The summed E-state index contributed by atoms with van der Waals surface area (Å²) in [6.45, 7) is 4.46. The van der Waals surface area contributed by atoms with E-state index >= 15 is 0 Å². The summed E-state index contributed by atoms with van der Waals surface area (Å²) in [5.74, 6) is 1.47. The molecule has 154 valence electrons. The molecule has 0 aliphatic carbocycles. The predicted octanol–water partition coefficient (Wildman–Crippen LogP) is 2.14. The number of rotatable bonds is 6. The van der Waals surface area contributed by atoms with Crippen molar-refractivity contribution in [3.8, 4) is 11.8 Å². The lowest BCUT2D eigenvalue weighted by Crippen LogP contribution is -2.42. The highest BCUT2D eigenvalue weighted by atomic mass is 16.5. The van der Waals surface area contributed by atoms with Crippen LogP contribution >= 0.6 is 0 Å². The molecular weight excluding hydrogens is 384 g/mol. The fourth-order valence-corrected chi connectivity index (χ4v) is 3.28. The molecule has 9 heteroatoms. The quantitative estimate of drug-likeness (QED) is 0.554. The van der Waals surface area contributed by atoms with Crippen molar-refractivity contribution in [2.75, 3.05) is 43.5 Å². The number of amides is 1. The minimum Gasteiger partial charge on any atom is -0.437 e. The Hall–Kier alpha value is -3.64. The van der Waals surface area contributed by atoms with Gasteiger partial charge in [-0.05, 0) is 31.0 Å². The Balaban J connectivity index is 1.43. The second-order valence-corrected chi connectivity index (χ2v) is 6.98. The molecule has 0 radical (unpaired) electrons. The number of benzene rings is 1. The highest BCUT2D eigenvalue weighted by Gasteiger charge is 2.23. The second-order valence-electron chi connectivity index (χ2n) is 6.98. The Morgan fingerprint density at radius 1 is 1.40 bits per heavy atom. The van der Waals surface area contributed by atoms with Gasteiger partial charge in [-0.2, -0.15) is 5.26 Å². The fourth-order valence-electron chi connectivity index (χ4n) is 3.28. The van der Waals surface area contributed by atoms with Gasteiger partial charge in [-0.3, -0.25) is 4.79 Å². The van der Waals surface area contributed by atoms with Crippen LogP contribution in [0.5, 0.6) is 5.75 Å². The molecule has 2 N–H and O–H groups in total. The van der Waals surface area contributed by atoms with Crippen LogP contribution in [0.4, 0.5) is 11.6 Å². The average Bonchev–Trinajstić information content (AvgIpc) is 3.18. The molecule has 30 heavy (non-hydrogen) atoms. The number of ether oxygens (including phenoxy) is 2. The second kappa shape index (κ2) is 8.80. The molecule has 1 saturated heterocycles. The van der Waals surface area contributed by atoms with E-state index in [2.05, 4.69) is 26.7 Å². The number of nitriles is 1. The fraction of sp³-hybridized carbons (Fsp3) is 0.333. The summed E-state index contributed by atoms with van der Waals surface area (Å²) in [5, 5.41) is 16.1. The topological polar surface area (TPSA) is 112 Å². The van der Waals surface area contributed by atoms with Gasteiger partial charge < -0.3 is 25.0 Å². The Morgan fingerprint density at radius 3 is 3.07 bits per heavy atom. The number of carbonyl (C=O) groups excluding carboxylic acids is 1. The molecule has 2 aliphatic rings. The van der Waals surface area contributed by atoms with Gasteiger partial charge in [0.2, 0.25) is 17.7 Å². The van der Waals surface area contributed by atoms with Crippen LogP contribution in [-0.4, -0.2) is 53.6 Å². The lowest BCUT2D eigenvalue weighted by Gasteiger charge is -2.26. The monoisotopic (exact) mass is 406 g/mol. The number of carbonyl (C=O) groups is 1. The molecule has 3 heterocycles. The maximum absolute atomic E-state index is 11.8. The van der Waals surface area contributed by atoms with Crippen molar-refractivity contribution in [3.05, 3.63) is 47.6 Å². The minimum atomic E-state index is 0.0190. The number of hydrogen-bond donors (Lipinski definition) is 2. The zero-order valence-corrected chi connectivity index (χ0v) is 16.6. The molecule has 0 atom stereocenters. The molecule has 9 nitrogen and oxygen atoms in total. The Kier molecular flexibility index (Phi) is 5.77. The minimum absolute atomic E-state index is 0.0190. The smallest absolute Gasteiger partial charge is 0.248 e. The summed E-state index contributed by atoms with van der Waals surface area (Å²) in [4.78, 5) is 22.4. The highest BCUT2D eigenvalue weighted by molar-refractivity contribution is 5.83. The number of aryl methyl sites for hydroxylation is 1. The number of morpholine rings is 1. The van der Waals surface area contributed by atoms with E-state index in [4.69, 9.17) is 9.47 Å². The maximum Gasteiger partial charge on any atom is 0.248 e. The zero-order chi connectivity index (χ0) is 20.9. The lowest BCUT2D eigenvalue weighted by molar-refractivity contribution is -0.142. The van der Waals surface area contributed by atoms with E-state index in [1.54, 1.807) is 11.1 Å². The molecule has 2 aromatic rings. The summed E-state index contributed by atoms with van der Waals surface area (Å²) >= 11 is 0. The van der Waals surface area contributed by atoms with E-state index in [1.807, 2.05) is 31.2 Å². The third kappa shape index (κ3) is 4.18. The average molecular weight is 406 g/mol. The molecule has 2 aliphatic heterocycles. The van der Waals surface area contributed by atoms with Gasteiger partial charge in [0.15, 0.2) is 5.75 Å². The maximum atomic E-state index is 11.8. The number of aromatic nitrogens is 2. The van der Waals surface area contributed by atoms with Crippen LogP contribution in [0.25, 0.3) is 5.57 Å². The number of hydrogen-bond acceptors (Lipinski definition) is 8. The van der Waals surface area contributed by atoms with Crippen LogP contribution in [0, 0.1) is 18.3 Å². The normalized spacial score (nSPS) is 16.9. The first-order valence-electron chi connectivity index (χ1n) is 9.77. The van der Waals surface area contributed by atoms with Crippen molar-refractivity contribution >= 4 is 23.1 Å². The first-order chi connectivity index (χ1) is 14.7. The first kappa shape index (κ1) is 19.7. The third-order valence-corrected chi connectivity index (χ3v) is 4.87. The molecule has 0 saturated carbocycles. The number of fused-ring (bicyclic) bond motifs is 1. The van der Waals surface area contributed by atoms with Crippen molar-refractivity contribution in [1.29, 1.82) is 5.26 Å². The van der Waals surface area contributed by atoms with E-state index in [0.29, 0.717) is 55.1 Å². The molecule has 1 amide bonds. The van der Waals surface area contributed by atoms with Gasteiger partial charge in [0.1, 0.15) is 18.2 Å². The predicted molar refractivity (Wildman–Crippen MR) is 111 cm³/mol. The van der Waals surface area contributed by atoms with Crippen LogP contribution in [0.3, 0.4) is 0 Å². The molecular formula is C21H22N6O3. The number of para-hydroxylation sites is 2. The molecule has 4 rings (SSSR count). The Bertz CT molecular complexity index is 1000. The summed E-state index contributed by atoms with van der Waals surface area (Å²) in [6.07, 6.45) is 2.43. The highest BCUT2D eigenvalue weighted by Crippen LogP contribution is 2.35. The van der Waals surface area contributed by atoms with Crippen molar-refractivity contribution in [1.82, 2.24) is 14.9 Å².